The third-order valence-electron chi connectivity index (χ3n) is 5.99. The zero-order chi connectivity index (χ0) is 10.8. The predicted molar refractivity (Wildman–Crippen MR) is 57.2 cm³/mol. The number of ether oxygens (including phenoxy) is 1. The smallest absolute Gasteiger partial charge is 0.308 e. The molecule has 0 radical (unpaired) electrons. The first kappa shape index (κ1) is 9.68. The minimum absolute atomic E-state index is 0.0416. The average Bonchev–Trinajstić information content (AvgIpc) is 2.85. The summed E-state index contributed by atoms with van der Waals surface area (Å²) in [5, 5.41) is 0. The summed E-state index contributed by atoms with van der Waals surface area (Å²) in [5.74, 6) is 1.62. The normalized spacial score (nSPS) is 56.1. The van der Waals surface area contributed by atoms with Gasteiger partial charge >= 0.3 is 5.97 Å². The molecule has 4 fully saturated rings. The Balaban J connectivity index is 1.92. The fourth-order valence-corrected chi connectivity index (χ4v) is 4.81. The molecule has 2 heteroatoms. The minimum Gasteiger partial charge on any atom is -0.469 e. The largest absolute Gasteiger partial charge is 0.469 e. The minimum atomic E-state index is 0.0416. The lowest BCUT2D eigenvalue weighted by Crippen LogP contribution is -2.45. The zero-order valence-corrected chi connectivity index (χ0v) is 9.88. The number of fused-ring (bicyclic) bond motifs is 2. The Morgan fingerprint density at radius 3 is 2.60 bits per heavy atom. The molecule has 2 bridgehead atoms. The third kappa shape index (κ3) is 0.938. The van der Waals surface area contributed by atoms with Gasteiger partial charge in [0.15, 0.2) is 0 Å². The number of methoxy groups -OCH3 is 1. The van der Waals surface area contributed by atoms with Crippen LogP contribution in [0.3, 0.4) is 0 Å². The van der Waals surface area contributed by atoms with Crippen LogP contribution in [0.15, 0.2) is 0 Å². The molecule has 4 aliphatic rings. The molecule has 4 saturated carbocycles. The van der Waals surface area contributed by atoms with Crippen LogP contribution in [0.1, 0.15) is 39.5 Å². The maximum Gasteiger partial charge on any atom is 0.308 e. The van der Waals surface area contributed by atoms with Gasteiger partial charge < -0.3 is 4.74 Å². The van der Waals surface area contributed by atoms with E-state index in [-0.39, 0.29) is 11.9 Å². The molecule has 5 unspecified atom stereocenters. The van der Waals surface area contributed by atoms with E-state index in [1.54, 1.807) is 0 Å². The molecule has 0 aliphatic heterocycles. The second kappa shape index (κ2) is 2.58. The van der Waals surface area contributed by atoms with Crippen LogP contribution in [-0.4, -0.2) is 13.1 Å². The van der Waals surface area contributed by atoms with Crippen molar-refractivity contribution in [1.82, 2.24) is 0 Å². The molecule has 0 aromatic rings. The molecule has 15 heavy (non-hydrogen) atoms. The number of carbonyl (C=O) groups excluding carboxylic acids is 1. The first-order chi connectivity index (χ1) is 7.03. The molecule has 0 aromatic carbocycles. The summed E-state index contributed by atoms with van der Waals surface area (Å²) in [4.78, 5) is 11.7. The fourth-order valence-electron chi connectivity index (χ4n) is 4.81. The third-order valence-corrected chi connectivity index (χ3v) is 5.99. The highest BCUT2D eigenvalue weighted by Gasteiger charge is 2.74. The summed E-state index contributed by atoms with van der Waals surface area (Å²) in [5.41, 5.74) is 1.01. The van der Waals surface area contributed by atoms with Crippen molar-refractivity contribution in [2.75, 3.05) is 7.11 Å². The van der Waals surface area contributed by atoms with Crippen molar-refractivity contribution in [3.05, 3.63) is 0 Å². The fraction of sp³-hybridized carbons (Fsp3) is 0.923. The van der Waals surface area contributed by atoms with Crippen molar-refractivity contribution in [3.8, 4) is 0 Å². The molecule has 5 atom stereocenters. The van der Waals surface area contributed by atoms with Gasteiger partial charge in [0.25, 0.3) is 0 Å². The standard InChI is InChI=1S/C13H20O2/c1-12-7-13(12,2)10-5-4-8(12)6-9(10)11(14)15-3/h8-10H,4-7H2,1-3H3. The van der Waals surface area contributed by atoms with E-state index >= 15 is 0 Å². The summed E-state index contributed by atoms with van der Waals surface area (Å²) in [6.45, 7) is 4.82. The first-order valence-electron chi connectivity index (χ1n) is 6.11. The first-order valence-corrected chi connectivity index (χ1v) is 6.11. The lowest BCUT2D eigenvalue weighted by molar-refractivity contribution is -0.155. The second-order valence-corrected chi connectivity index (χ2v) is 6.26. The van der Waals surface area contributed by atoms with Gasteiger partial charge in [0.2, 0.25) is 0 Å². The van der Waals surface area contributed by atoms with Crippen molar-refractivity contribution in [2.24, 2.45) is 28.6 Å². The quantitative estimate of drug-likeness (QED) is 0.619. The van der Waals surface area contributed by atoms with Gasteiger partial charge in [-0.05, 0) is 48.3 Å². The predicted octanol–water partition coefficient (Wildman–Crippen LogP) is 2.62. The average molecular weight is 208 g/mol. The van der Waals surface area contributed by atoms with Crippen LogP contribution >= 0.6 is 0 Å². The van der Waals surface area contributed by atoms with Crippen molar-refractivity contribution in [1.29, 1.82) is 0 Å². The highest BCUT2D eigenvalue weighted by atomic mass is 16.5. The van der Waals surface area contributed by atoms with Crippen LogP contribution in [-0.2, 0) is 9.53 Å². The van der Waals surface area contributed by atoms with Gasteiger partial charge in [-0.3, -0.25) is 4.79 Å². The Hall–Kier alpha value is -0.530. The molecule has 4 aliphatic carbocycles. The second-order valence-electron chi connectivity index (χ2n) is 6.26. The van der Waals surface area contributed by atoms with E-state index in [0.717, 1.165) is 12.3 Å². The topological polar surface area (TPSA) is 26.3 Å². The lowest BCUT2D eigenvalue weighted by Gasteiger charge is -2.49. The molecular formula is C13H20O2. The Bertz CT molecular complexity index is 324. The molecule has 84 valence electrons. The van der Waals surface area contributed by atoms with Gasteiger partial charge in [-0.2, -0.15) is 0 Å². The molecule has 4 rings (SSSR count). The van der Waals surface area contributed by atoms with Gasteiger partial charge in [-0.25, -0.2) is 0 Å². The number of hydrogen-bond donors (Lipinski definition) is 0. The molecule has 0 aromatic heterocycles. The molecule has 0 saturated heterocycles. The number of esters is 1. The SMILES string of the molecule is COC(=O)C1CC2CCC1C1(C)CC21C. The Morgan fingerprint density at radius 2 is 2.00 bits per heavy atom. The van der Waals surface area contributed by atoms with Crippen molar-refractivity contribution in [2.45, 2.75) is 39.5 Å². The molecule has 0 spiro atoms. The van der Waals surface area contributed by atoms with Crippen LogP contribution < -0.4 is 0 Å². The van der Waals surface area contributed by atoms with E-state index < -0.39 is 0 Å². The maximum absolute atomic E-state index is 11.7. The van der Waals surface area contributed by atoms with E-state index in [9.17, 15) is 4.79 Å². The van der Waals surface area contributed by atoms with E-state index in [1.807, 2.05) is 0 Å². The number of carbonyl (C=O) groups is 1. The Kier molecular flexibility index (Phi) is 1.67. The van der Waals surface area contributed by atoms with Crippen molar-refractivity contribution in [3.63, 3.8) is 0 Å². The highest BCUT2D eigenvalue weighted by molar-refractivity contribution is 5.73. The van der Waals surface area contributed by atoms with E-state index in [2.05, 4.69) is 13.8 Å². The van der Waals surface area contributed by atoms with Crippen LogP contribution in [0, 0.1) is 28.6 Å². The number of hydrogen-bond acceptors (Lipinski definition) is 2. The summed E-state index contributed by atoms with van der Waals surface area (Å²) in [7, 11) is 1.53. The van der Waals surface area contributed by atoms with Crippen LogP contribution in [0.5, 0.6) is 0 Å². The maximum atomic E-state index is 11.7. The van der Waals surface area contributed by atoms with Gasteiger partial charge in [0.05, 0.1) is 13.0 Å². The number of rotatable bonds is 1. The summed E-state index contributed by atoms with van der Waals surface area (Å²) >= 11 is 0. The van der Waals surface area contributed by atoms with Crippen molar-refractivity contribution < 1.29 is 9.53 Å². The lowest BCUT2D eigenvalue weighted by atomic mass is 9.55. The van der Waals surface area contributed by atoms with Crippen LogP contribution in [0.2, 0.25) is 0 Å². The molecular weight excluding hydrogens is 188 g/mol. The van der Waals surface area contributed by atoms with E-state index in [0.29, 0.717) is 16.7 Å². The van der Waals surface area contributed by atoms with Gasteiger partial charge in [0.1, 0.15) is 0 Å². The molecule has 0 amide bonds. The van der Waals surface area contributed by atoms with Gasteiger partial charge in [-0.1, -0.05) is 13.8 Å². The van der Waals surface area contributed by atoms with E-state index in [1.165, 1.54) is 26.4 Å². The van der Waals surface area contributed by atoms with Crippen molar-refractivity contribution >= 4 is 5.97 Å². The van der Waals surface area contributed by atoms with Crippen LogP contribution in [0.4, 0.5) is 0 Å². The highest BCUT2D eigenvalue weighted by Crippen LogP contribution is 2.80. The zero-order valence-electron chi connectivity index (χ0n) is 9.88. The molecule has 0 N–H and O–H groups in total. The van der Waals surface area contributed by atoms with E-state index in [4.69, 9.17) is 4.74 Å². The summed E-state index contributed by atoms with van der Waals surface area (Å²) in [6, 6.07) is 0. The summed E-state index contributed by atoms with van der Waals surface area (Å²) < 4.78 is 4.95. The monoisotopic (exact) mass is 208 g/mol. The Morgan fingerprint density at radius 1 is 1.27 bits per heavy atom. The Labute approximate surface area is 91.4 Å². The molecule has 2 nitrogen and oxygen atoms in total. The van der Waals surface area contributed by atoms with Gasteiger partial charge in [-0.15, -0.1) is 0 Å². The van der Waals surface area contributed by atoms with Gasteiger partial charge in [0, 0.05) is 0 Å². The molecule has 0 heterocycles. The summed E-state index contributed by atoms with van der Waals surface area (Å²) in [6.07, 6.45) is 5.01. The van der Waals surface area contributed by atoms with Crippen LogP contribution in [0.25, 0.3) is 0 Å².